The van der Waals surface area contributed by atoms with Crippen LogP contribution in [0.3, 0.4) is 0 Å². The molecule has 5 nitrogen and oxygen atoms in total. The maximum atomic E-state index is 6.27. The summed E-state index contributed by atoms with van der Waals surface area (Å²) >= 11 is 9.69. The summed E-state index contributed by atoms with van der Waals surface area (Å²) in [6.45, 7) is 6.91. The third-order valence-corrected chi connectivity index (χ3v) is 5.08. The van der Waals surface area contributed by atoms with E-state index in [1.54, 1.807) is 7.05 Å². The van der Waals surface area contributed by atoms with Gasteiger partial charge in [0, 0.05) is 41.9 Å². The number of guanidine groups is 1. The van der Waals surface area contributed by atoms with Gasteiger partial charge >= 0.3 is 0 Å². The van der Waals surface area contributed by atoms with E-state index in [0.717, 1.165) is 33.1 Å². The molecule has 0 aliphatic carbocycles. The Hall–Kier alpha value is -1.53. The number of aromatic nitrogens is 2. The number of nitrogens with one attached hydrogen (secondary N) is 2. The number of hydrogen-bond donors (Lipinski definition) is 2. The number of benzene rings is 1. The van der Waals surface area contributed by atoms with E-state index < -0.39 is 0 Å². The summed E-state index contributed by atoms with van der Waals surface area (Å²) in [5.41, 5.74) is 4.60. The molecule has 0 radical (unpaired) electrons. The highest BCUT2D eigenvalue weighted by Crippen LogP contribution is 2.21. The molecule has 2 N–H and O–H groups in total. The van der Waals surface area contributed by atoms with Gasteiger partial charge in [-0.2, -0.15) is 5.10 Å². The van der Waals surface area contributed by atoms with Crippen molar-refractivity contribution >= 4 is 33.5 Å². The minimum atomic E-state index is 0.230. The van der Waals surface area contributed by atoms with Crippen LogP contribution in [0.25, 0.3) is 0 Å². The van der Waals surface area contributed by atoms with E-state index in [1.807, 2.05) is 29.9 Å². The van der Waals surface area contributed by atoms with Gasteiger partial charge in [-0.05, 0) is 50.5 Å². The zero-order chi connectivity index (χ0) is 18.6. The van der Waals surface area contributed by atoms with Gasteiger partial charge in [-0.25, -0.2) is 0 Å². The number of hydrogen-bond acceptors (Lipinski definition) is 2. The topological polar surface area (TPSA) is 54.2 Å². The maximum absolute atomic E-state index is 6.27. The summed E-state index contributed by atoms with van der Waals surface area (Å²) in [7, 11) is 3.75. The van der Waals surface area contributed by atoms with E-state index in [-0.39, 0.29) is 6.04 Å². The second-order valence-corrected chi connectivity index (χ2v) is 7.51. The molecule has 1 aromatic carbocycles. The maximum Gasteiger partial charge on any atom is 0.191 e. The normalized spacial score (nSPS) is 13.0. The molecule has 1 aromatic heterocycles. The third kappa shape index (κ3) is 5.22. The second-order valence-electron chi connectivity index (χ2n) is 6.18. The van der Waals surface area contributed by atoms with Gasteiger partial charge in [0.1, 0.15) is 0 Å². The standard InChI is InChI=1S/C18H25BrClN5/c1-11(8-16-12(2)24-25(5)13(16)3)23-18(21-4)22-10-14-6-7-15(19)9-17(14)20/h6-7,9,11H,8,10H2,1-5H3,(H2,21,22,23). The number of halogens is 2. The smallest absolute Gasteiger partial charge is 0.191 e. The van der Waals surface area contributed by atoms with Gasteiger partial charge in [0.15, 0.2) is 5.96 Å². The minimum Gasteiger partial charge on any atom is -0.354 e. The number of aliphatic imine (C=N–C) groups is 1. The number of nitrogens with zero attached hydrogens (tertiary/aromatic N) is 3. The minimum absolute atomic E-state index is 0.230. The van der Waals surface area contributed by atoms with Gasteiger partial charge in [0.05, 0.1) is 5.69 Å². The molecule has 0 fully saturated rings. The van der Waals surface area contributed by atoms with Gasteiger partial charge in [0.2, 0.25) is 0 Å². The Balaban J connectivity index is 1.95. The van der Waals surface area contributed by atoms with Crippen molar-refractivity contribution in [3.63, 3.8) is 0 Å². The van der Waals surface area contributed by atoms with Crippen LogP contribution in [0.15, 0.2) is 27.7 Å². The molecule has 1 heterocycles. The van der Waals surface area contributed by atoms with Gasteiger partial charge in [-0.1, -0.05) is 33.6 Å². The fourth-order valence-electron chi connectivity index (χ4n) is 2.74. The Labute approximate surface area is 163 Å². The van der Waals surface area contributed by atoms with Gasteiger partial charge in [0.25, 0.3) is 0 Å². The molecule has 0 saturated carbocycles. The predicted molar refractivity (Wildman–Crippen MR) is 108 cm³/mol. The first kappa shape index (κ1) is 19.8. The molecule has 1 atom stereocenters. The average molecular weight is 427 g/mol. The number of rotatable bonds is 5. The van der Waals surface area contributed by atoms with E-state index in [2.05, 4.69) is 57.4 Å². The SMILES string of the molecule is CN=C(NCc1ccc(Br)cc1Cl)NC(C)Cc1c(C)nn(C)c1C. The number of aryl methyl sites for hydroxylation is 2. The van der Waals surface area contributed by atoms with Crippen LogP contribution in [0.4, 0.5) is 0 Å². The van der Waals surface area contributed by atoms with Gasteiger partial charge in [-0.15, -0.1) is 0 Å². The van der Waals surface area contributed by atoms with Crippen LogP contribution in [0.2, 0.25) is 5.02 Å². The summed E-state index contributed by atoms with van der Waals surface area (Å²) in [6, 6.07) is 6.10. The van der Waals surface area contributed by atoms with Gasteiger partial charge in [-0.3, -0.25) is 9.67 Å². The molecule has 2 rings (SSSR count). The van der Waals surface area contributed by atoms with Crippen LogP contribution in [0, 0.1) is 13.8 Å². The van der Waals surface area contributed by atoms with Crippen molar-refractivity contribution in [3.05, 3.63) is 50.2 Å². The molecule has 0 spiro atoms. The highest BCUT2D eigenvalue weighted by molar-refractivity contribution is 9.10. The molecular formula is C18H25BrClN5. The van der Waals surface area contributed by atoms with Crippen LogP contribution in [0.5, 0.6) is 0 Å². The largest absolute Gasteiger partial charge is 0.354 e. The highest BCUT2D eigenvalue weighted by Gasteiger charge is 2.14. The molecule has 0 bridgehead atoms. The van der Waals surface area contributed by atoms with Gasteiger partial charge < -0.3 is 10.6 Å². The Morgan fingerprint density at radius 3 is 2.68 bits per heavy atom. The monoisotopic (exact) mass is 425 g/mol. The van der Waals surface area contributed by atoms with Crippen LogP contribution in [0.1, 0.15) is 29.4 Å². The first-order valence-corrected chi connectivity index (χ1v) is 9.39. The van der Waals surface area contributed by atoms with Crippen molar-refractivity contribution < 1.29 is 0 Å². The van der Waals surface area contributed by atoms with E-state index in [9.17, 15) is 0 Å². The Kier molecular flexibility index (Phi) is 6.90. The predicted octanol–water partition coefficient (Wildman–Crippen LogP) is 3.75. The van der Waals surface area contributed by atoms with Crippen molar-refractivity contribution in [1.82, 2.24) is 20.4 Å². The highest BCUT2D eigenvalue weighted by atomic mass is 79.9. The van der Waals surface area contributed by atoms with Crippen molar-refractivity contribution in [2.45, 2.75) is 39.8 Å². The second kappa shape index (κ2) is 8.72. The lowest BCUT2D eigenvalue weighted by Crippen LogP contribution is -2.42. The molecule has 25 heavy (non-hydrogen) atoms. The van der Waals surface area contributed by atoms with E-state index in [4.69, 9.17) is 11.6 Å². The van der Waals surface area contributed by atoms with Crippen LogP contribution >= 0.6 is 27.5 Å². The summed E-state index contributed by atoms with van der Waals surface area (Å²) in [6.07, 6.45) is 0.894. The Morgan fingerprint density at radius 2 is 2.12 bits per heavy atom. The van der Waals surface area contributed by atoms with Crippen molar-refractivity contribution in [2.24, 2.45) is 12.0 Å². The van der Waals surface area contributed by atoms with E-state index in [0.29, 0.717) is 6.54 Å². The van der Waals surface area contributed by atoms with Crippen LogP contribution in [-0.2, 0) is 20.0 Å². The van der Waals surface area contributed by atoms with Crippen molar-refractivity contribution in [2.75, 3.05) is 7.05 Å². The summed E-state index contributed by atoms with van der Waals surface area (Å²) in [5, 5.41) is 12.0. The van der Waals surface area contributed by atoms with Crippen LogP contribution < -0.4 is 10.6 Å². The Bertz CT molecular complexity index is 769. The molecule has 0 amide bonds. The average Bonchev–Trinajstić information content (AvgIpc) is 2.79. The van der Waals surface area contributed by atoms with E-state index >= 15 is 0 Å². The molecule has 136 valence electrons. The quantitative estimate of drug-likeness (QED) is 0.565. The fraction of sp³-hybridized carbons (Fsp3) is 0.444. The third-order valence-electron chi connectivity index (χ3n) is 4.24. The van der Waals surface area contributed by atoms with Crippen LogP contribution in [-0.4, -0.2) is 28.8 Å². The molecule has 0 aliphatic heterocycles. The molecule has 0 aliphatic rings. The molecular weight excluding hydrogens is 402 g/mol. The summed E-state index contributed by atoms with van der Waals surface area (Å²) in [5.74, 6) is 0.755. The fourth-order valence-corrected chi connectivity index (χ4v) is 3.48. The lowest BCUT2D eigenvalue weighted by atomic mass is 10.1. The lowest BCUT2D eigenvalue weighted by molar-refractivity contribution is 0.635. The molecule has 7 heteroatoms. The molecule has 2 aromatic rings. The summed E-state index contributed by atoms with van der Waals surface area (Å²) in [4.78, 5) is 4.30. The van der Waals surface area contributed by atoms with E-state index in [1.165, 1.54) is 11.3 Å². The molecule has 1 unspecified atom stereocenters. The summed E-state index contributed by atoms with van der Waals surface area (Å²) < 4.78 is 2.90. The molecule has 0 saturated heterocycles. The first-order valence-electron chi connectivity index (χ1n) is 8.22. The lowest BCUT2D eigenvalue weighted by Gasteiger charge is -2.18. The zero-order valence-corrected chi connectivity index (χ0v) is 17.7. The van der Waals surface area contributed by atoms with Crippen molar-refractivity contribution in [3.8, 4) is 0 Å². The Morgan fingerprint density at radius 1 is 1.40 bits per heavy atom. The van der Waals surface area contributed by atoms with Crippen molar-refractivity contribution in [1.29, 1.82) is 0 Å². The zero-order valence-electron chi connectivity index (χ0n) is 15.3. The first-order chi connectivity index (χ1) is 11.8.